The summed E-state index contributed by atoms with van der Waals surface area (Å²) in [6.07, 6.45) is 8.98. The maximum Gasteiger partial charge on any atom is 0.191 e. The number of hydrogen-bond acceptors (Lipinski definition) is 3. The molecule has 0 amide bonds. The van der Waals surface area contributed by atoms with Crippen LogP contribution in [0.15, 0.2) is 4.99 Å². The number of nitrogens with zero attached hydrogens (tertiary/aromatic N) is 3. The summed E-state index contributed by atoms with van der Waals surface area (Å²) in [4.78, 5) is 9.81. The van der Waals surface area contributed by atoms with Crippen LogP contribution in [-0.2, 0) is 0 Å². The highest BCUT2D eigenvalue weighted by molar-refractivity contribution is 14.0. The predicted octanol–water partition coefficient (Wildman–Crippen LogP) is 3.55. The normalized spacial score (nSPS) is 18.1. The monoisotopic (exact) mass is 481 g/mol. The van der Waals surface area contributed by atoms with Crippen molar-refractivity contribution in [2.75, 3.05) is 52.9 Å². The summed E-state index contributed by atoms with van der Waals surface area (Å²) in [5.74, 6) is 0.987. The van der Waals surface area contributed by atoms with E-state index in [1.165, 1.54) is 71.2 Å². The lowest BCUT2D eigenvalue weighted by Crippen LogP contribution is -2.42. The van der Waals surface area contributed by atoms with Gasteiger partial charge in [0.25, 0.3) is 0 Å². The van der Waals surface area contributed by atoms with Gasteiger partial charge in [-0.2, -0.15) is 0 Å². The van der Waals surface area contributed by atoms with E-state index >= 15 is 0 Å². The second-order valence-corrected chi connectivity index (χ2v) is 7.51. The average Bonchev–Trinajstić information content (AvgIpc) is 2.80. The minimum atomic E-state index is 0. The molecule has 6 heteroatoms. The first kappa shape index (κ1) is 25.9. The lowest BCUT2D eigenvalue weighted by Gasteiger charge is -2.20. The van der Waals surface area contributed by atoms with Gasteiger partial charge in [-0.15, -0.1) is 24.0 Å². The third-order valence-electron chi connectivity index (χ3n) is 4.93. The first-order valence-corrected chi connectivity index (χ1v) is 10.6. The molecule has 1 fully saturated rings. The van der Waals surface area contributed by atoms with E-state index < -0.39 is 0 Å². The van der Waals surface area contributed by atoms with Crippen molar-refractivity contribution in [2.45, 2.75) is 71.8 Å². The van der Waals surface area contributed by atoms with Crippen molar-refractivity contribution in [3.8, 4) is 0 Å². The molecule has 26 heavy (non-hydrogen) atoms. The van der Waals surface area contributed by atoms with Crippen LogP contribution in [0.4, 0.5) is 0 Å². The maximum atomic E-state index is 4.78. The molecule has 2 N–H and O–H groups in total. The minimum absolute atomic E-state index is 0. The number of aliphatic imine (C=N–C) groups is 1. The van der Waals surface area contributed by atoms with Gasteiger partial charge in [0.05, 0.1) is 0 Å². The number of rotatable bonds is 11. The van der Waals surface area contributed by atoms with Crippen LogP contribution in [-0.4, -0.2) is 74.7 Å². The molecule has 1 aliphatic rings. The third-order valence-corrected chi connectivity index (χ3v) is 4.93. The second-order valence-electron chi connectivity index (χ2n) is 7.51. The zero-order chi connectivity index (χ0) is 18.3. The van der Waals surface area contributed by atoms with E-state index in [0.29, 0.717) is 6.04 Å². The Hall–Kier alpha value is -0.0800. The Morgan fingerprint density at radius 3 is 2.58 bits per heavy atom. The van der Waals surface area contributed by atoms with Crippen molar-refractivity contribution in [1.82, 2.24) is 20.4 Å². The van der Waals surface area contributed by atoms with Crippen LogP contribution in [0.2, 0.25) is 0 Å². The van der Waals surface area contributed by atoms with Crippen LogP contribution in [0.3, 0.4) is 0 Å². The highest BCUT2D eigenvalue weighted by atomic mass is 127. The Kier molecular flexibility index (Phi) is 17.0. The zero-order valence-corrected chi connectivity index (χ0v) is 20.1. The highest BCUT2D eigenvalue weighted by Gasteiger charge is 2.11. The Morgan fingerprint density at radius 2 is 1.85 bits per heavy atom. The van der Waals surface area contributed by atoms with Gasteiger partial charge in [0.15, 0.2) is 5.96 Å². The van der Waals surface area contributed by atoms with Crippen LogP contribution in [0.1, 0.15) is 65.7 Å². The van der Waals surface area contributed by atoms with Crippen molar-refractivity contribution in [3.63, 3.8) is 0 Å². The van der Waals surface area contributed by atoms with E-state index in [0.717, 1.165) is 25.5 Å². The van der Waals surface area contributed by atoms with Crippen molar-refractivity contribution in [1.29, 1.82) is 0 Å². The molecule has 0 radical (unpaired) electrons. The second kappa shape index (κ2) is 17.0. The van der Waals surface area contributed by atoms with Crippen molar-refractivity contribution < 1.29 is 0 Å². The Morgan fingerprint density at radius 1 is 1.04 bits per heavy atom. The van der Waals surface area contributed by atoms with Crippen LogP contribution in [0.5, 0.6) is 0 Å². The molecule has 1 rings (SSSR count). The van der Waals surface area contributed by atoms with Gasteiger partial charge >= 0.3 is 0 Å². The number of hydrogen-bond donors (Lipinski definition) is 2. The van der Waals surface area contributed by atoms with Gasteiger partial charge < -0.3 is 20.4 Å². The van der Waals surface area contributed by atoms with E-state index in [1.54, 1.807) is 0 Å². The van der Waals surface area contributed by atoms with Crippen molar-refractivity contribution in [3.05, 3.63) is 0 Å². The summed E-state index contributed by atoms with van der Waals surface area (Å²) in [7, 11) is 2.23. The number of halogens is 1. The maximum absolute atomic E-state index is 4.78. The molecule has 0 aromatic rings. The van der Waals surface area contributed by atoms with E-state index in [9.17, 15) is 0 Å². The fraction of sp³-hybridized carbons (Fsp3) is 0.950. The summed E-state index contributed by atoms with van der Waals surface area (Å²) in [6, 6.07) is 0.496. The lowest BCUT2D eigenvalue weighted by molar-refractivity contribution is 0.275. The highest BCUT2D eigenvalue weighted by Crippen LogP contribution is 2.05. The SMILES string of the molecule is CCCCCCC(C)NC(=NCCCN1CCCN(C)CC1)NCC.I. The molecule has 1 unspecified atom stereocenters. The topological polar surface area (TPSA) is 42.9 Å². The van der Waals surface area contributed by atoms with Crippen LogP contribution >= 0.6 is 24.0 Å². The number of nitrogens with one attached hydrogen (secondary N) is 2. The van der Waals surface area contributed by atoms with Gasteiger partial charge in [-0.3, -0.25) is 4.99 Å². The van der Waals surface area contributed by atoms with Crippen LogP contribution in [0, 0.1) is 0 Å². The fourth-order valence-electron chi connectivity index (χ4n) is 3.31. The fourth-order valence-corrected chi connectivity index (χ4v) is 3.31. The molecule has 0 saturated carbocycles. The van der Waals surface area contributed by atoms with Gasteiger partial charge in [0.2, 0.25) is 0 Å². The summed E-state index contributed by atoms with van der Waals surface area (Å²) >= 11 is 0. The minimum Gasteiger partial charge on any atom is -0.357 e. The van der Waals surface area contributed by atoms with Gasteiger partial charge in [0.1, 0.15) is 0 Å². The van der Waals surface area contributed by atoms with Gasteiger partial charge in [0, 0.05) is 32.2 Å². The van der Waals surface area contributed by atoms with E-state index in [-0.39, 0.29) is 24.0 Å². The summed E-state index contributed by atoms with van der Waals surface area (Å²) < 4.78 is 0. The molecule has 1 atom stereocenters. The predicted molar refractivity (Wildman–Crippen MR) is 126 cm³/mol. The Bertz CT molecular complexity index is 351. The summed E-state index contributed by atoms with van der Waals surface area (Å²) in [5, 5.41) is 6.96. The molecule has 1 heterocycles. The molecule has 1 aliphatic heterocycles. The molecule has 0 aromatic carbocycles. The van der Waals surface area contributed by atoms with Crippen LogP contribution < -0.4 is 10.6 Å². The zero-order valence-electron chi connectivity index (χ0n) is 17.7. The average molecular weight is 482 g/mol. The molecule has 5 nitrogen and oxygen atoms in total. The third kappa shape index (κ3) is 13.1. The molecule has 1 saturated heterocycles. The first-order chi connectivity index (χ1) is 12.2. The van der Waals surface area contributed by atoms with E-state index in [4.69, 9.17) is 4.99 Å². The van der Waals surface area contributed by atoms with Crippen LogP contribution in [0.25, 0.3) is 0 Å². The first-order valence-electron chi connectivity index (χ1n) is 10.6. The lowest BCUT2D eigenvalue weighted by atomic mass is 10.1. The molecular formula is C20H44IN5. The quantitative estimate of drug-likeness (QED) is 0.205. The molecule has 156 valence electrons. The van der Waals surface area contributed by atoms with Gasteiger partial charge in [-0.1, -0.05) is 32.6 Å². The molecule has 0 aromatic heterocycles. The standard InChI is InChI=1S/C20H43N5.HI/c1-5-7-8-9-12-19(3)23-20(21-6-2)22-13-10-15-25-16-11-14-24(4)17-18-25;/h19H,5-18H2,1-4H3,(H2,21,22,23);1H. The van der Waals surface area contributed by atoms with E-state index in [1.807, 2.05) is 0 Å². The van der Waals surface area contributed by atoms with Crippen molar-refractivity contribution in [2.24, 2.45) is 4.99 Å². The van der Waals surface area contributed by atoms with Crippen molar-refractivity contribution >= 4 is 29.9 Å². The number of guanidine groups is 1. The molecule has 0 bridgehead atoms. The largest absolute Gasteiger partial charge is 0.357 e. The van der Waals surface area contributed by atoms with Gasteiger partial charge in [-0.25, -0.2) is 0 Å². The summed E-state index contributed by atoms with van der Waals surface area (Å²) in [6.45, 7) is 14.5. The Balaban J connectivity index is 0.00000625. The van der Waals surface area contributed by atoms with E-state index in [2.05, 4.69) is 48.3 Å². The molecule has 0 aliphatic carbocycles. The number of likely N-dealkylation sites (N-methyl/N-ethyl adjacent to an activating group) is 1. The molecular weight excluding hydrogens is 437 g/mol. The Labute approximate surface area is 179 Å². The van der Waals surface area contributed by atoms with Gasteiger partial charge in [-0.05, 0) is 59.8 Å². The summed E-state index contributed by atoms with van der Waals surface area (Å²) in [5.41, 5.74) is 0. The molecule has 0 spiro atoms. The smallest absolute Gasteiger partial charge is 0.191 e. The number of unbranched alkanes of at least 4 members (excludes halogenated alkanes) is 3.